The van der Waals surface area contributed by atoms with Gasteiger partial charge in [0.05, 0.1) is 13.2 Å². The van der Waals surface area contributed by atoms with Gasteiger partial charge in [-0.05, 0) is 48.2 Å². The van der Waals surface area contributed by atoms with Gasteiger partial charge in [0.1, 0.15) is 18.4 Å². The number of piperidine rings is 1. The molecule has 0 aliphatic carbocycles. The molecule has 3 heterocycles. The van der Waals surface area contributed by atoms with Gasteiger partial charge in [0.2, 0.25) is 11.8 Å². The Hall–Kier alpha value is -3.76. The highest BCUT2D eigenvalue weighted by Crippen LogP contribution is 2.25. The highest BCUT2D eigenvalue weighted by atomic mass is 16.5. The second-order valence-corrected chi connectivity index (χ2v) is 9.72. The molecule has 2 aromatic carbocycles. The molecule has 2 N–H and O–H groups in total. The van der Waals surface area contributed by atoms with Gasteiger partial charge in [0.15, 0.2) is 0 Å². The monoisotopic (exact) mass is 520 g/mol. The molecule has 0 aromatic heterocycles. The van der Waals surface area contributed by atoms with Gasteiger partial charge < -0.3 is 19.7 Å². The number of hydrogen-bond acceptors (Lipinski definition) is 7. The van der Waals surface area contributed by atoms with Crippen LogP contribution in [0.1, 0.15) is 44.7 Å². The molecule has 1 unspecified atom stereocenters. The minimum Gasteiger partial charge on any atom is -0.492 e. The first kappa shape index (κ1) is 25.9. The summed E-state index contributed by atoms with van der Waals surface area (Å²) in [7, 11) is 0. The van der Waals surface area contributed by atoms with Crippen LogP contribution in [-0.4, -0.2) is 85.5 Å². The molecule has 0 saturated carbocycles. The molecule has 2 aromatic rings. The number of benzene rings is 2. The van der Waals surface area contributed by atoms with Crippen molar-refractivity contribution < 1.29 is 28.7 Å². The molecule has 4 amide bonds. The molecule has 200 valence electrons. The fraction of sp³-hybridized carbons (Fsp3) is 0.429. The average molecular weight is 521 g/mol. The molecule has 2 saturated heterocycles. The number of fused-ring (bicyclic) bond motifs is 1. The lowest BCUT2D eigenvalue weighted by atomic mass is 9.93. The lowest BCUT2D eigenvalue weighted by Gasteiger charge is -2.36. The molecule has 0 radical (unpaired) electrons. The molecule has 0 spiro atoms. The molecule has 3 aliphatic heterocycles. The minimum atomic E-state index is -0.619. The average Bonchev–Trinajstić information content (AvgIpc) is 2.93. The fourth-order valence-corrected chi connectivity index (χ4v) is 5.08. The Labute approximate surface area is 221 Å². The second-order valence-electron chi connectivity index (χ2n) is 9.72. The molecule has 10 nitrogen and oxygen atoms in total. The first-order chi connectivity index (χ1) is 18.5. The van der Waals surface area contributed by atoms with Crippen LogP contribution in [0.3, 0.4) is 0 Å². The van der Waals surface area contributed by atoms with E-state index in [-0.39, 0.29) is 24.1 Å². The molecule has 38 heavy (non-hydrogen) atoms. The largest absolute Gasteiger partial charge is 0.492 e. The maximum absolute atomic E-state index is 13.1. The third-order valence-corrected chi connectivity index (χ3v) is 7.20. The topological polar surface area (TPSA) is 117 Å². The summed E-state index contributed by atoms with van der Waals surface area (Å²) in [5.74, 6) is -0.475. The van der Waals surface area contributed by atoms with E-state index in [0.29, 0.717) is 49.4 Å². The summed E-state index contributed by atoms with van der Waals surface area (Å²) >= 11 is 0. The standard InChI is InChI=1S/C28H32N4O6/c33-25-7-6-24(27(35)30-25)32-9-8-20-16-19(4-5-23(20)28(32)36)18-29-26(34)21-2-1-3-22(17-21)38-15-12-31-10-13-37-14-11-31/h1-5,16-17,24H,6-15,18H2,(H,29,34)(H,30,33,35). The van der Waals surface area contributed by atoms with Gasteiger partial charge in [0.25, 0.3) is 11.8 Å². The van der Waals surface area contributed by atoms with Crippen LogP contribution < -0.4 is 15.4 Å². The Kier molecular flexibility index (Phi) is 8.00. The lowest BCUT2D eigenvalue weighted by Crippen LogP contribution is -2.55. The van der Waals surface area contributed by atoms with Crippen LogP contribution in [0.2, 0.25) is 0 Å². The van der Waals surface area contributed by atoms with Crippen molar-refractivity contribution >= 4 is 23.6 Å². The first-order valence-electron chi connectivity index (χ1n) is 13.1. The number of carbonyl (C=O) groups excluding carboxylic acids is 4. The zero-order chi connectivity index (χ0) is 26.5. The highest BCUT2D eigenvalue weighted by Gasteiger charge is 2.37. The van der Waals surface area contributed by atoms with Crippen molar-refractivity contribution in [3.63, 3.8) is 0 Å². The van der Waals surface area contributed by atoms with Crippen LogP contribution in [-0.2, 0) is 27.3 Å². The number of carbonyl (C=O) groups is 4. The maximum atomic E-state index is 13.1. The van der Waals surface area contributed by atoms with Crippen LogP contribution in [0.15, 0.2) is 42.5 Å². The summed E-state index contributed by atoms with van der Waals surface area (Å²) in [6.45, 7) is 5.38. The van der Waals surface area contributed by atoms with E-state index >= 15 is 0 Å². The molecular weight excluding hydrogens is 488 g/mol. The fourth-order valence-electron chi connectivity index (χ4n) is 5.08. The van der Waals surface area contributed by atoms with Gasteiger partial charge in [-0.25, -0.2) is 0 Å². The van der Waals surface area contributed by atoms with E-state index in [1.807, 2.05) is 18.2 Å². The van der Waals surface area contributed by atoms with Crippen molar-refractivity contribution in [2.24, 2.45) is 0 Å². The maximum Gasteiger partial charge on any atom is 0.254 e. The Morgan fingerprint density at radius 1 is 1.05 bits per heavy atom. The zero-order valence-corrected chi connectivity index (χ0v) is 21.2. The Morgan fingerprint density at radius 2 is 1.89 bits per heavy atom. The van der Waals surface area contributed by atoms with E-state index in [1.165, 1.54) is 0 Å². The second kappa shape index (κ2) is 11.7. The summed E-state index contributed by atoms with van der Waals surface area (Å²) in [6, 6.07) is 12.0. The predicted octanol–water partition coefficient (Wildman–Crippen LogP) is 1.13. The molecule has 10 heteroatoms. The normalized spacial score (nSPS) is 20.1. The number of nitrogens with one attached hydrogen (secondary N) is 2. The number of hydrogen-bond donors (Lipinski definition) is 2. The molecule has 3 aliphatic rings. The third kappa shape index (κ3) is 6.03. The van der Waals surface area contributed by atoms with Gasteiger partial charge in [-0.2, -0.15) is 0 Å². The van der Waals surface area contributed by atoms with Crippen molar-refractivity contribution in [2.45, 2.75) is 31.8 Å². The van der Waals surface area contributed by atoms with E-state index in [9.17, 15) is 19.2 Å². The van der Waals surface area contributed by atoms with E-state index < -0.39 is 11.9 Å². The first-order valence-corrected chi connectivity index (χ1v) is 13.1. The van der Waals surface area contributed by atoms with Gasteiger partial charge in [-0.3, -0.25) is 29.4 Å². The highest BCUT2D eigenvalue weighted by molar-refractivity contribution is 6.04. The zero-order valence-electron chi connectivity index (χ0n) is 21.2. The molecule has 0 bridgehead atoms. The lowest BCUT2D eigenvalue weighted by molar-refractivity contribution is -0.136. The number of morpholine rings is 1. The van der Waals surface area contributed by atoms with Gasteiger partial charge in [-0.15, -0.1) is 0 Å². The van der Waals surface area contributed by atoms with Crippen LogP contribution in [0, 0.1) is 0 Å². The van der Waals surface area contributed by atoms with E-state index in [2.05, 4.69) is 15.5 Å². The molecule has 2 fully saturated rings. The number of nitrogens with zero attached hydrogens (tertiary/aromatic N) is 2. The predicted molar refractivity (Wildman–Crippen MR) is 138 cm³/mol. The van der Waals surface area contributed by atoms with Gasteiger partial charge in [0, 0.05) is 50.3 Å². The van der Waals surface area contributed by atoms with E-state index in [0.717, 1.165) is 44.0 Å². The summed E-state index contributed by atoms with van der Waals surface area (Å²) in [5, 5.41) is 5.26. The smallest absolute Gasteiger partial charge is 0.254 e. The number of imide groups is 1. The van der Waals surface area contributed by atoms with Crippen molar-refractivity contribution in [3.8, 4) is 5.75 Å². The van der Waals surface area contributed by atoms with Crippen LogP contribution in [0.5, 0.6) is 5.75 Å². The van der Waals surface area contributed by atoms with E-state index in [1.54, 1.807) is 29.2 Å². The molecular formula is C28H32N4O6. The Morgan fingerprint density at radius 3 is 2.71 bits per heavy atom. The Balaban J connectivity index is 1.14. The van der Waals surface area contributed by atoms with Gasteiger partial charge in [-0.1, -0.05) is 18.2 Å². The van der Waals surface area contributed by atoms with Gasteiger partial charge >= 0.3 is 0 Å². The summed E-state index contributed by atoms with van der Waals surface area (Å²) in [6.07, 6.45) is 1.18. The van der Waals surface area contributed by atoms with E-state index in [4.69, 9.17) is 9.47 Å². The molecule has 1 atom stereocenters. The minimum absolute atomic E-state index is 0.207. The number of amides is 4. The third-order valence-electron chi connectivity index (χ3n) is 7.20. The van der Waals surface area contributed by atoms with Crippen LogP contribution >= 0.6 is 0 Å². The van der Waals surface area contributed by atoms with Crippen molar-refractivity contribution in [3.05, 3.63) is 64.7 Å². The number of ether oxygens (including phenoxy) is 2. The summed E-state index contributed by atoms with van der Waals surface area (Å²) in [4.78, 5) is 53.4. The summed E-state index contributed by atoms with van der Waals surface area (Å²) < 4.78 is 11.2. The Bertz CT molecular complexity index is 1230. The van der Waals surface area contributed by atoms with Crippen LogP contribution in [0.25, 0.3) is 0 Å². The summed E-state index contributed by atoms with van der Waals surface area (Å²) in [5.41, 5.74) is 2.85. The van der Waals surface area contributed by atoms with Crippen molar-refractivity contribution in [1.29, 1.82) is 0 Å². The number of rotatable bonds is 8. The van der Waals surface area contributed by atoms with Crippen molar-refractivity contribution in [2.75, 3.05) is 46.0 Å². The molecule has 5 rings (SSSR count). The van der Waals surface area contributed by atoms with Crippen molar-refractivity contribution in [1.82, 2.24) is 20.4 Å². The van der Waals surface area contributed by atoms with Crippen LogP contribution in [0.4, 0.5) is 0 Å². The quantitative estimate of drug-likeness (QED) is 0.501. The SMILES string of the molecule is O=C1CCC(N2CCc3cc(CNC(=O)c4cccc(OCCN5CCOCC5)c4)ccc3C2=O)C(=O)N1.